The Labute approximate surface area is 188 Å². The number of hydrogen-bond acceptors (Lipinski definition) is 6. The molecule has 0 bridgehead atoms. The second-order valence-electron chi connectivity index (χ2n) is 8.10. The number of aromatic nitrogens is 3. The third-order valence-corrected chi connectivity index (χ3v) is 6.20. The van der Waals surface area contributed by atoms with Crippen molar-refractivity contribution in [2.24, 2.45) is 0 Å². The van der Waals surface area contributed by atoms with Crippen molar-refractivity contribution in [3.8, 4) is 0 Å². The van der Waals surface area contributed by atoms with Gasteiger partial charge in [-0.2, -0.15) is 5.10 Å². The molecular formula is C24H31N5O3. The summed E-state index contributed by atoms with van der Waals surface area (Å²) in [5, 5.41) is 11.1. The van der Waals surface area contributed by atoms with Gasteiger partial charge in [-0.15, -0.1) is 0 Å². The zero-order valence-electron chi connectivity index (χ0n) is 19.0. The van der Waals surface area contributed by atoms with Crippen molar-refractivity contribution in [3.05, 3.63) is 65.3 Å². The third-order valence-electron chi connectivity index (χ3n) is 6.20. The molecule has 2 aromatic heterocycles. The van der Waals surface area contributed by atoms with E-state index >= 15 is 0 Å². The summed E-state index contributed by atoms with van der Waals surface area (Å²) in [5.74, 6) is 0.311. The van der Waals surface area contributed by atoms with Gasteiger partial charge in [-0.1, -0.05) is 31.1 Å². The van der Waals surface area contributed by atoms with E-state index in [1.54, 1.807) is 17.8 Å². The molecule has 8 heteroatoms. The van der Waals surface area contributed by atoms with Gasteiger partial charge in [0.1, 0.15) is 5.76 Å². The van der Waals surface area contributed by atoms with Crippen LogP contribution >= 0.6 is 0 Å². The highest BCUT2D eigenvalue weighted by atomic mass is 16.5. The molecule has 32 heavy (non-hydrogen) atoms. The van der Waals surface area contributed by atoms with Crippen LogP contribution < -0.4 is 5.32 Å². The van der Waals surface area contributed by atoms with Gasteiger partial charge in [-0.25, -0.2) is 0 Å². The number of carbonyl (C=O) groups is 1. The molecule has 1 saturated heterocycles. The van der Waals surface area contributed by atoms with Crippen molar-refractivity contribution in [1.29, 1.82) is 0 Å². The van der Waals surface area contributed by atoms with E-state index in [4.69, 9.17) is 9.26 Å². The van der Waals surface area contributed by atoms with Crippen LogP contribution in [-0.2, 0) is 11.3 Å². The molecule has 1 amide bonds. The molecule has 1 aromatic carbocycles. The molecule has 1 N–H and O–H groups in total. The first kappa shape index (κ1) is 22.2. The average molecular weight is 438 g/mol. The van der Waals surface area contributed by atoms with Crippen LogP contribution in [0.2, 0.25) is 0 Å². The Balaban J connectivity index is 1.42. The maximum absolute atomic E-state index is 12.9. The quantitative estimate of drug-likeness (QED) is 0.572. The number of rotatable bonds is 8. The van der Waals surface area contributed by atoms with Crippen LogP contribution in [0.5, 0.6) is 0 Å². The smallest absolute Gasteiger partial charge is 0.278 e. The number of benzene rings is 1. The molecule has 3 heterocycles. The van der Waals surface area contributed by atoms with E-state index in [9.17, 15) is 4.79 Å². The van der Waals surface area contributed by atoms with Crippen molar-refractivity contribution in [2.45, 2.75) is 52.3 Å². The summed E-state index contributed by atoms with van der Waals surface area (Å²) >= 11 is 0. The van der Waals surface area contributed by atoms with Crippen LogP contribution in [0.1, 0.15) is 60.2 Å². The highest BCUT2D eigenvalue weighted by molar-refractivity contribution is 6.03. The summed E-state index contributed by atoms with van der Waals surface area (Å²) in [6, 6.07) is 10.3. The molecule has 8 nitrogen and oxygen atoms in total. The number of amides is 1. The Kier molecular flexibility index (Phi) is 7.02. The largest absolute Gasteiger partial charge is 0.373 e. The lowest BCUT2D eigenvalue weighted by Crippen LogP contribution is -2.40. The Morgan fingerprint density at radius 1 is 1.25 bits per heavy atom. The fourth-order valence-corrected chi connectivity index (χ4v) is 4.37. The molecule has 0 aliphatic carbocycles. The van der Waals surface area contributed by atoms with Gasteiger partial charge in [0, 0.05) is 36.3 Å². The number of nitrogens with one attached hydrogen (secondary N) is 1. The summed E-state index contributed by atoms with van der Waals surface area (Å²) in [6.07, 6.45) is 5.68. The molecule has 0 spiro atoms. The van der Waals surface area contributed by atoms with Crippen LogP contribution in [0, 0.1) is 6.92 Å². The van der Waals surface area contributed by atoms with Crippen molar-refractivity contribution >= 4 is 11.6 Å². The minimum absolute atomic E-state index is 0.0814. The van der Waals surface area contributed by atoms with Gasteiger partial charge < -0.3 is 19.5 Å². The van der Waals surface area contributed by atoms with Crippen LogP contribution in [-0.4, -0.2) is 51.5 Å². The summed E-state index contributed by atoms with van der Waals surface area (Å²) in [6.45, 7) is 9.54. The zero-order valence-corrected chi connectivity index (χ0v) is 19.0. The van der Waals surface area contributed by atoms with E-state index in [1.165, 1.54) is 0 Å². The summed E-state index contributed by atoms with van der Waals surface area (Å²) in [7, 11) is 0. The molecule has 1 aliphatic heterocycles. The number of aryl methyl sites for hydroxylation is 1. The SMILES string of the molecule is CCN(CC)[C@@H]1CCO[C@H](c2ccc(NC(=O)c3noc(C)c3Cn3cccn3)cc2)C1. The fraction of sp³-hybridized carbons (Fsp3) is 0.458. The number of ether oxygens (including phenoxy) is 1. The Hall–Kier alpha value is -2.97. The number of anilines is 1. The van der Waals surface area contributed by atoms with E-state index in [1.807, 2.05) is 36.5 Å². The van der Waals surface area contributed by atoms with Crippen LogP contribution in [0.25, 0.3) is 0 Å². The third kappa shape index (κ3) is 4.92. The van der Waals surface area contributed by atoms with Crippen LogP contribution in [0.15, 0.2) is 47.2 Å². The predicted molar refractivity (Wildman–Crippen MR) is 122 cm³/mol. The molecule has 1 aliphatic rings. The minimum atomic E-state index is -0.299. The van der Waals surface area contributed by atoms with E-state index in [2.05, 4.69) is 34.3 Å². The molecule has 1 fully saturated rings. The number of nitrogens with zero attached hydrogens (tertiary/aromatic N) is 4. The number of carbonyl (C=O) groups excluding carboxylic acids is 1. The molecular weight excluding hydrogens is 406 g/mol. The molecule has 170 valence electrons. The number of hydrogen-bond donors (Lipinski definition) is 1. The van der Waals surface area contributed by atoms with Gasteiger partial charge in [-0.3, -0.25) is 9.48 Å². The standard InChI is InChI=1S/C24H31N5O3/c1-4-28(5-2)20-11-14-31-22(15-20)18-7-9-19(10-8-18)26-24(30)23-21(17(3)32-27-23)16-29-13-6-12-25-29/h6-10,12-13,20,22H,4-5,11,14-16H2,1-3H3,(H,26,30)/t20-,22+/m1/s1. The normalized spacial score (nSPS) is 18.8. The second-order valence-corrected chi connectivity index (χ2v) is 8.10. The van der Waals surface area contributed by atoms with E-state index in [0.717, 1.165) is 43.7 Å². The lowest BCUT2D eigenvalue weighted by atomic mass is 9.96. The van der Waals surface area contributed by atoms with Crippen molar-refractivity contribution < 1.29 is 14.1 Å². The van der Waals surface area contributed by atoms with Gasteiger partial charge in [0.25, 0.3) is 5.91 Å². The van der Waals surface area contributed by atoms with E-state index < -0.39 is 0 Å². The minimum Gasteiger partial charge on any atom is -0.373 e. The van der Waals surface area contributed by atoms with Gasteiger partial charge in [0.05, 0.1) is 12.6 Å². The summed E-state index contributed by atoms with van der Waals surface area (Å²) in [4.78, 5) is 15.4. The maximum Gasteiger partial charge on any atom is 0.278 e. The van der Waals surface area contributed by atoms with E-state index in [-0.39, 0.29) is 17.7 Å². The first-order valence-electron chi connectivity index (χ1n) is 11.3. The topological polar surface area (TPSA) is 85.4 Å². The first-order chi connectivity index (χ1) is 15.6. The summed E-state index contributed by atoms with van der Waals surface area (Å²) < 4.78 is 13.1. The first-order valence-corrected chi connectivity index (χ1v) is 11.3. The monoisotopic (exact) mass is 437 g/mol. The van der Waals surface area contributed by atoms with Gasteiger partial charge in [0.15, 0.2) is 5.69 Å². The van der Waals surface area contributed by atoms with Crippen LogP contribution in [0.3, 0.4) is 0 Å². The van der Waals surface area contributed by atoms with Gasteiger partial charge >= 0.3 is 0 Å². The van der Waals surface area contributed by atoms with Crippen LogP contribution in [0.4, 0.5) is 5.69 Å². The second kappa shape index (κ2) is 10.1. The zero-order chi connectivity index (χ0) is 22.5. The van der Waals surface area contributed by atoms with E-state index in [0.29, 0.717) is 24.0 Å². The Morgan fingerprint density at radius 2 is 2.03 bits per heavy atom. The molecule has 0 unspecified atom stereocenters. The highest BCUT2D eigenvalue weighted by Crippen LogP contribution is 2.31. The average Bonchev–Trinajstić information content (AvgIpc) is 3.46. The Bertz CT molecular complexity index is 1010. The van der Waals surface area contributed by atoms with Crippen molar-refractivity contribution in [2.75, 3.05) is 25.0 Å². The van der Waals surface area contributed by atoms with Gasteiger partial charge in [0.2, 0.25) is 0 Å². The van der Waals surface area contributed by atoms with Gasteiger partial charge in [-0.05, 0) is 56.6 Å². The Morgan fingerprint density at radius 3 is 2.72 bits per heavy atom. The van der Waals surface area contributed by atoms with Crippen molar-refractivity contribution in [3.63, 3.8) is 0 Å². The molecule has 4 rings (SSSR count). The maximum atomic E-state index is 12.9. The highest BCUT2D eigenvalue weighted by Gasteiger charge is 2.27. The molecule has 2 atom stereocenters. The molecule has 0 radical (unpaired) electrons. The molecule has 3 aromatic rings. The summed E-state index contributed by atoms with van der Waals surface area (Å²) in [5.41, 5.74) is 2.85. The lowest BCUT2D eigenvalue weighted by molar-refractivity contribution is -0.0265. The molecule has 0 saturated carbocycles. The fourth-order valence-electron chi connectivity index (χ4n) is 4.37. The van der Waals surface area contributed by atoms with Crippen molar-refractivity contribution in [1.82, 2.24) is 19.8 Å². The predicted octanol–water partition coefficient (Wildman–Crippen LogP) is 4.04. The lowest BCUT2D eigenvalue weighted by Gasteiger charge is -2.36.